The maximum Gasteiger partial charge on any atom is 0.408 e. The first-order chi connectivity index (χ1) is 8.79. The molecule has 7 nitrogen and oxygen atoms in total. The van der Waals surface area contributed by atoms with E-state index < -0.39 is 24.3 Å². The third-order valence-corrected chi connectivity index (χ3v) is 3.02. The van der Waals surface area contributed by atoms with Gasteiger partial charge in [0.15, 0.2) is 0 Å². The number of hydrogen-bond acceptors (Lipinski definition) is 4. The molecule has 2 amide bonds. The van der Waals surface area contributed by atoms with E-state index in [0.717, 1.165) is 4.90 Å². The van der Waals surface area contributed by atoms with Crippen LogP contribution in [-0.4, -0.2) is 76.5 Å². The van der Waals surface area contributed by atoms with E-state index in [2.05, 4.69) is 0 Å². The summed E-state index contributed by atoms with van der Waals surface area (Å²) in [7, 11) is 0. The Morgan fingerprint density at radius 1 is 1.32 bits per heavy atom. The predicted octanol–water partition coefficient (Wildman–Crippen LogP) is -0.0154. The summed E-state index contributed by atoms with van der Waals surface area (Å²) in [6.07, 6.45) is -1.21. The van der Waals surface area contributed by atoms with Crippen molar-refractivity contribution in [3.05, 3.63) is 0 Å². The van der Waals surface area contributed by atoms with Crippen LogP contribution in [0.4, 0.5) is 4.79 Å². The zero-order valence-corrected chi connectivity index (χ0v) is 11.6. The molecule has 110 valence electrons. The lowest BCUT2D eigenvalue weighted by molar-refractivity contribution is -0.143. The van der Waals surface area contributed by atoms with Crippen molar-refractivity contribution >= 4 is 12.0 Å². The van der Waals surface area contributed by atoms with Gasteiger partial charge < -0.3 is 19.8 Å². The molecule has 1 atom stereocenters. The Hall–Kier alpha value is -1.34. The van der Waals surface area contributed by atoms with Crippen LogP contribution in [0.1, 0.15) is 20.8 Å². The van der Waals surface area contributed by atoms with Crippen molar-refractivity contribution in [3.8, 4) is 0 Å². The van der Waals surface area contributed by atoms with E-state index in [4.69, 9.17) is 4.74 Å². The second-order valence-electron chi connectivity index (χ2n) is 5.46. The molecule has 7 heteroatoms. The minimum Gasteiger partial charge on any atom is -0.465 e. The number of nitrogens with zero attached hydrogens (tertiary/aromatic N) is 2. The summed E-state index contributed by atoms with van der Waals surface area (Å²) in [4.78, 5) is 26.2. The molecule has 0 aromatic heterocycles. The van der Waals surface area contributed by atoms with E-state index in [1.165, 1.54) is 4.90 Å². The third kappa shape index (κ3) is 3.81. The van der Waals surface area contributed by atoms with Gasteiger partial charge in [0, 0.05) is 18.6 Å². The fourth-order valence-corrected chi connectivity index (χ4v) is 2.15. The van der Waals surface area contributed by atoms with Gasteiger partial charge in [-0.25, -0.2) is 4.79 Å². The van der Waals surface area contributed by atoms with Gasteiger partial charge >= 0.3 is 6.09 Å². The number of hydrogen-bond donors (Lipinski definition) is 2. The molecule has 0 radical (unpaired) electrons. The first kappa shape index (κ1) is 15.7. The average molecular weight is 274 g/mol. The number of morpholine rings is 1. The summed E-state index contributed by atoms with van der Waals surface area (Å²) >= 11 is 0. The van der Waals surface area contributed by atoms with Crippen LogP contribution in [0.2, 0.25) is 0 Å². The highest BCUT2D eigenvalue weighted by Gasteiger charge is 2.39. The van der Waals surface area contributed by atoms with Gasteiger partial charge in [-0.05, 0) is 20.8 Å². The van der Waals surface area contributed by atoms with Crippen LogP contribution in [-0.2, 0) is 9.53 Å². The van der Waals surface area contributed by atoms with E-state index in [1.54, 1.807) is 20.8 Å². The molecule has 0 spiro atoms. The van der Waals surface area contributed by atoms with Crippen molar-refractivity contribution in [2.75, 3.05) is 32.9 Å². The van der Waals surface area contributed by atoms with E-state index in [1.807, 2.05) is 0 Å². The van der Waals surface area contributed by atoms with E-state index in [9.17, 15) is 19.8 Å². The molecular weight excluding hydrogens is 252 g/mol. The molecule has 1 aliphatic heterocycles. The Balaban J connectivity index is 2.90. The molecule has 1 unspecified atom stereocenters. The lowest BCUT2D eigenvalue weighted by atomic mass is 10.0. The van der Waals surface area contributed by atoms with Gasteiger partial charge in [-0.3, -0.25) is 9.69 Å². The van der Waals surface area contributed by atoms with Gasteiger partial charge in [-0.15, -0.1) is 0 Å². The van der Waals surface area contributed by atoms with Crippen molar-refractivity contribution in [1.29, 1.82) is 0 Å². The fourth-order valence-electron chi connectivity index (χ4n) is 2.15. The highest BCUT2D eigenvalue weighted by atomic mass is 16.5. The van der Waals surface area contributed by atoms with Crippen LogP contribution >= 0.6 is 0 Å². The van der Waals surface area contributed by atoms with Crippen LogP contribution in [0.3, 0.4) is 0 Å². The van der Waals surface area contributed by atoms with Crippen LogP contribution in [0.5, 0.6) is 0 Å². The predicted molar refractivity (Wildman–Crippen MR) is 67.9 cm³/mol. The van der Waals surface area contributed by atoms with Gasteiger partial charge in [-0.1, -0.05) is 0 Å². The molecule has 0 saturated carbocycles. The topological polar surface area (TPSA) is 90.3 Å². The van der Waals surface area contributed by atoms with Gasteiger partial charge in [-0.2, -0.15) is 0 Å². The van der Waals surface area contributed by atoms with Crippen molar-refractivity contribution in [3.63, 3.8) is 0 Å². The fraction of sp³-hybridized carbons (Fsp3) is 0.833. The normalized spacial score (nSPS) is 18.0. The average Bonchev–Trinajstić information content (AvgIpc) is 2.34. The molecule has 19 heavy (non-hydrogen) atoms. The van der Waals surface area contributed by atoms with Gasteiger partial charge in [0.25, 0.3) is 0 Å². The molecule has 0 aromatic rings. The number of carbonyl (C=O) groups is 2. The van der Waals surface area contributed by atoms with Gasteiger partial charge in [0.05, 0.1) is 19.8 Å². The monoisotopic (exact) mass is 274 g/mol. The Bertz CT molecular complexity index is 334. The van der Waals surface area contributed by atoms with Crippen molar-refractivity contribution in [2.45, 2.75) is 32.4 Å². The number of aliphatic hydroxyl groups excluding tert-OH is 1. The molecule has 1 heterocycles. The molecule has 1 aliphatic rings. The Kier molecular flexibility index (Phi) is 5.13. The van der Waals surface area contributed by atoms with E-state index >= 15 is 0 Å². The summed E-state index contributed by atoms with van der Waals surface area (Å²) < 4.78 is 5.15. The Labute approximate surface area is 112 Å². The highest BCUT2D eigenvalue weighted by molar-refractivity contribution is 5.86. The minimum atomic E-state index is -1.21. The quantitative estimate of drug-likeness (QED) is 0.755. The lowest BCUT2D eigenvalue weighted by Crippen LogP contribution is -2.60. The molecule has 1 rings (SSSR count). The maximum absolute atomic E-state index is 12.3. The number of amides is 2. The largest absolute Gasteiger partial charge is 0.465 e. The van der Waals surface area contributed by atoms with Crippen molar-refractivity contribution < 1.29 is 24.5 Å². The maximum atomic E-state index is 12.3. The number of carbonyl (C=O) groups excluding carboxylic acids is 1. The number of rotatable bonds is 3. The number of ether oxygens (including phenoxy) is 1. The van der Waals surface area contributed by atoms with Crippen molar-refractivity contribution in [1.82, 2.24) is 9.80 Å². The molecule has 0 aromatic carbocycles. The van der Waals surface area contributed by atoms with E-state index in [0.29, 0.717) is 26.3 Å². The standard InChI is InChI=1S/C12H22N2O5/c1-12(2,3)14(11(17)18)9(8-15)10(16)13-4-6-19-7-5-13/h9,15H,4-8H2,1-3H3,(H,17,18). The van der Waals surface area contributed by atoms with Crippen molar-refractivity contribution in [2.24, 2.45) is 0 Å². The number of carboxylic acid groups (broad SMARTS) is 1. The molecule has 0 bridgehead atoms. The summed E-state index contributed by atoms with van der Waals surface area (Å²) in [6, 6.07) is -1.07. The zero-order valence-electron chi connectivity index (χ0n) is 11.6. The molecular formula is C12H22N2O5. The summed E-state index contributed by atoms with van der Waals surface area (Å²) in [5, 5.41) is 18.7. The SMILES string of the molecule is CC(C)(C)N(C(=O)O)C(CO)C(=O)N1CCOCC1. The first-order valence-electron chi connectivity index (χ1n) is 6.28. The molecule has 2 N–H and O–H groups in total. The highest BCUT2D eigenvalue weighted by Crippen LogP contribution is 2.19. The summed E-state index contributed by atoms with van der Waals surface area (Å²) in [5.74, 6) is -0.372. The van der Waals surface area contributed by atoms with Crippen LogP contribution < -0.4 is 0 Å². The lowest BCUT2D eigenvalue weighted by Gasteiger charge is -2.40. The van der Waals surface area contributed by atoms with Gasteiger partial charge in [0.1, 0.15) is 6.04 Å². The zero-order chi connectivity index (χ0) is 14.6. The van der Waals surface area contributed by atoms with Crippen LogP contribution in [0, 0.1) is 0 Å². The third-order valence-electron chi connectivity index (χ3n) is 3.02. The minimum absolute atomic E-state index is 0.372. The van der Waals surface area contributed by atoms with Crippen LogP contribution in [0.25, 0.3) is 0 Å². The molecule has 1 saturated heterocycles. The van der Waals surface area contributed by atoms with Crippen LogP contribution in [0.15, 0.2) is 0 Å². The first-order valence-corrected chi connectivity index (χ1v) is 6.28. The molecule has 0 aliphatic carbocycles. The van der Waals surface area contributed by atoms with Gasteiger partial charge in [0.2, 0.25) is 5.91 Å². The Morgan fingerprint density at radius 3 is 2.21 bits per heavy atom. The smallest absolute Gasteiger partial charge is 0.408 e. The summed E-state index contributed by atoms with van der Waals surface area (Å²) in [6.45, 7) is 6.27. The number of aliphatic hydroxyl groups is 1. The van der Waals surface area contributed by atoms with E-state index in [-0.39, 0.29) is 5.91 Å². The Morgan fingerprint density at radius 2 is 1.84 bits per heavy atom. The molecule has 1 fully saturated rings. The second kappa shape index (κ2) is 6.21. The second-order valence-corrected chi connectivity index (χ2v) is 5.46. The summed E-state index contributed by atoms with van der Waals surface area (Å²) in [5.41, 5.74) is -0.763.